The Morgan fingerprint density at radius 3 is 2.81 bits per heavy atom. The van der Waals surface area contributed by atoms with Gasteiger partial charge in [-0.05, 0) is 42.6 Å². The number of fused-ring (bicyclic) bond motifs is 1. The molecular formula is C15H18N4OS. The van der Waals surface area contributed by atoms with Crippen molar-refractivity contribution in [2.75, 3.05) is 0 Å². The molecule has 110 valence electrons. The summed E-state index contributed by atoms with van der Waals surface area (Å²) in [6, 6.07) is 7.92. The Balaban J connectivity index is 2.07. The van der Waals surface area contributed by atoms with Crippen molar-refractivity contribution in [2.24, 2.45) is 5.84 Å². The minimum absolute atomic E-state index is 0.227. The largest absolute Gasteiger partial charge is 0.459 e. The van der Waals surface area contributed by atoms with Crippen LogP contribution in [0.25, 0.3) is 11.0 Å². The second-order valence-electron chi connectivity index (χ2n) is 5.47. The van der Waals surface area contributed by atoms with Gasteiger partial charge in [0.15, 0.2) is 0 Å². The number of rotatable bonds is 4. The molecular weight excluding hydrogens is 284 g/mol. The van der Waals surface area contributed by atoms with E-state index in [1.165, 1.54) is 17.1 Å². The molecule has 0 radical (unpaired) electrons. The van der Waals surface area contributed by atoms with Crippen LogP contribution in [0.15, 0.2) is 28.7 Å². The zero-order valence-electron chi connectivity index (χ0n) is 12.3. The molecule has 0 saturated heterocycles. The Bertz CT molecular complexity index is 762. The summed E-state index contributed by atoms with van der Waals surface area (Å²) in [6.45, 7) is 6.25. The molecule has 0 amide bonds. The maximum absolute atomic E-state index is 5.94. The van der Waals surface area contributed by atoms with E-state index < -0.39 is 0 Å². The Hall–Kier alpha value is -1.76. The van der Waals surface area contributed by atoms with Crippen LogP contribution < -0.4 is 11.3 Å². The lowest BCUT2D eigenvalue weighted by Crippen LogP contribution is -2.28. The van der Waals surface area contributed by atoms with Crippen LogP contribution in [0.3, 0.4) is 0 Å². The van der Waals surface area contributed by atoms with Crippen LogP contribution in [0.1, 0.15) is 47.7 Å². The van der Waals surface area contributed by atoms with Gasteiger partial charge in [-0.2, -0.15) is 0 Å². The summed E-state index contributed by atoms with van der Waals surface area (Å²) < 4.78 is 10.0. The molecule has 21 heavy (non-hydrogen) atoms. The third kappa shape index (κ3) is 2.57. The Morgan fingerprint density at radius 2 is 2.10 bits per heavy atom. The first-order valence-corrected chi connectivity index (χ1v) is 7.66. The highest BCUT2D eigenvalue weighted by atomic mass is 32.1. The van der Waals surface area contributed by atoms with E-state index in [1.54, 1.807) is 0 Å². The number of aryl methyl sites for hydroxylation is 1. The second-order valence-corrected chi connectivity index (χ2v) is 6.25. The van der Waals surface area contributed by atoms with Gasteiger partial charge in [0.1, 0.15) is 17.4 Å². The number of aromatic nitrogens is 2. The van der Waals surface area contributed by atoms with Gasteiger partial charge in [-0.25, -0.2) is 5.43 Å². The molecule has 0 aliphatic rings. The summed E-state index contributed by atoms with van der Waals surface area (Å²) in [6.07, 6.45) is 0. The number of hydrogen-bond acceptors (Lipinski definition) is 6. The first-order chi connectivity index (χ1) is 10.1. The molecule has 0 saturated carbocycles. The number of nitrogens with one attached hydrogen (secondary N) is 1. The van der Waals surface area contributed by atoms with Gasteiger partial charge in [-0.1, -0.05) is 30.0 Å². The van der Waals surface area contributed by atoms with E-state index in [1.807, 2.05) is 18.2 Å². The number of nitrogens with zero attached hydrogens (tertiary/aromatic N) is 2. The molecule has 3 N–H and O–H groups in total. The number of furan rings is 1. The predicted molar refractivity (Wildman–Crippen MR) is 84.1 cm³/mol. The SMILES string of the molecule is Cc1ccc2oc(C(NN)c3snnc3C(C)C)cc2c1. The fourth-order valence-electron chi connectivity index (χ4n) is 2.42. The minimum atomic E-state index is -0.227. The van der Waals surface area contributed by atoms with E-state index in [4.69, 9.17) is 10.3 Å². The van der Waals surface area contributed by atoms with Crippen molar-refractivity contribution in [3.63, 3.8) is 0 Å². The van der Waals surface area contributed by atoms with Crippen molar-refractivity contribution >= 4 is 22.5 Å². The number of benzene rings is 1. The summed E-state index contributed by atoms with van der Waals surface area (Å²) in [5.74, 6) is 6.83. The highest BCUT2D eigenvalue weighted by Gasteiger charge is 2.24. The van der Waals surface area contributed by atoms with Crippen LogP contribution in [-0.2, 0) is 0 Å². The Labute approximate surface area is 127 Å². The molecule has 2 aromatic heterocycles. The molecule has 2 heterocycles. The predicted octanol–water partition coefficient (Wildman–Crippen LogP) is 3.27. The van der Waals surface area contributed by atoms with Gasteiger partial charge in [0, 0.05) is 5.39 Å². The van der Waals surface area contributed by atoms with Gasteiger partial charge in [0.2, 0.25) is 0 Å². The second kappa shape index (κ2) is 5.55. The summed E-state index contributed by atoms with van der Waals surface area (Å²) in [5, 5.41) is 5.29. The zero-order chi connectivity index (χ0) is 15.0. The van der Waals surface area contributed by atoms with E-state index >= 15 is 0 Å². The molecule has 1 aromatic carbocycles. The molecule has 0 fully saturated rings. The van der Waals surface area contributed by atoms with Gasteiger partial charge in [-0.3, -0.25) is 5.84 Å². The highest BCUT2D eigenvalue weighted by Crippen LogP contribution is 2.33. The van der Waals surface area contributed by atoms with Crippen LogP contribution in [-0.4, -0.2) is 9.59 Å². The normalized spacial score (nSPS) is 13.2. The minimum Gasteiger partial charge on any atom is -0.459 e. The Morgan fingerprint density at radius 1 is 1.29 bits per heavy atom. The van der Waals surface area contributed by atoms with Crippen molar-refractivity contribution in [3.8, 4) is 0 Å². The van der Waals surface area contributed by atoms with E-state index in [2.05, 4.69) is 41.9 Å². The average Bonchev–Trinajstić information content (AvgIpc) is 3.06. The van der Waals surface area contributed by atoms with Crippen molar-refractivity contribution in [1.82, 2.24) is 15.0 Å². The lowest BCUT2D eigenvalue weighted by Gasteiger charge is -2.13. The molecule has 0 aliphatic heterocycles. The van der Waals surface area contributed by atoms with Crippen molar-refractivity contribution in [2.45, 2.75) is 32.7 Å². The number of hydrazine groups is 1. The quantitative estimate of drug-likeness (QED) is 0.571. The van der Waals surface area contributed by atoms with Crippen LogP contribution in [0, 0.1) is 6.92 Å². The lowest BCUT2D eigenvalue weighted by molar-refractivity contribution is 0.478. The van der Waals surface area contributed by atoms with Crippen molar-refractivity contribution in [3.05, 3.63) is 46.2 Å². The zero-order valence-corrected chi connectivity index (χ0v) is 13.1. The van der Waals surface area contributed by atoms with Gasteiger partial charge in [0.25, 0.3) is 0 Å². The van der Waals surface area contributed by atoms with Crippen LogP contribution in [0.5, 0.6) is 0 Å². The summed E-state index contributed by atoms with van der Waals surface area (Å²) in [5.41, 5.74) is 5.85. The van der Waals surface area contributed by atoms with Gasteiger partial charge in [-0.15, -0.1) is 5.10 Å². The molecule has 1 unspecified atom stereocenters. The number of nitrogens with two attached hydrogens (primary N) is 1. The van der Waals surface area contributed by atoms with E-state index in [9.17, 15) is 0 Å². The van der Waals surface area contributed by atoms with Crippen LogP contribution in [0.2, 0.25) is 0 Å². The molecule has 3 rings (SSSR count). The first-order valence-electron chi connectivity index (χ1n) is 6.88. The van der Waals surface area contributed by atoms with E-state index in [0.29, 0.717) is 5.92 Å². The van der Waals surface area contributed by atoms with Crippen molar-refractivity contribution in [1.29, 1.82) is 0 Å². The topological polar surface area (TPSA) is 77.0 Å². The fraction of sp³-hybridized carbons (Fsp3) is 0.333. The highest BCUT2D eigenvalue weighted by molar-refractivity contribution is 7.05. The fourth-order valence-corrected chi connectivity index (χ4v) is 3.29. The summed E-state index contributed by atoms with van der Waals surface area (Å²) >= 11 is 1.35. The summed E-state index contributed by atoms with van der Waals surface area (Å²) in [4.78, 5) is 1.00. The third-order valence-corrected chi connectivity index (χ3v) is 4.30. The monoisotopic (exact) mass is 302 g/mol. The molecule has 0 aliphatic carbocycles. The molecule has 5 nitrogen and oxygen atoms in total. The molecule has 0 bridgehead atoms. The maximum atomic E-state index is 5.94. The van der Waals surface area contributed by atoms with Crippen LogP contribution >= 0.6 is 11.5 Å². The molecule has 0 spiro atoms. The van der Waals surface area contributed by atoms with Gasteiger partial charge in [0.05, 0.1) is 10.6 Å². The maximum Gasteiger partial charge on any atom is 0.134 e. The van der Waals surface area contributed by atoms with Gasteiger partial charge >= 0.3 is 0 Å². The standard InChI is InChI=1S/C15H18N4OS/c1-8(2)13-15(21-19-18-13)14(17-16)12-7-10-6-9(3)4-5-11(10)20-12/h4-8,14,17H,16H2,1-3H3. The van der Waals surface area contributed by atoms with E-state index in [0.717, 1.165) is 27.3 Å². The first kappa shape index (κ1) is 14.2. The van der Waals surface area contributed by atoms with Crippen molar-refractivity contribution < 1.29 is 4.42 Å². The van der Waals surface area contributed by atoms with Gasteiger partial charge < -0.3 is 4.42 Å². The number of hydrogen-bond donors (Lipinski definition) is 2. The summed E-state index contributed by atoms with van der Waals surface area (Å²) in [7, 11) is 0. The third-order valence-electron chi connectivity index (χ3n) is 3.49. The smallest absolute Gasteiger partial charge is 0.134 e. The molecule has 3 aromatic rings. The Kier molecular flexibility index (Phi) is 3.75. The molecule has 6 heteroatoms. The van der Waals surface area contributed by atoms with Crippen LogP contribution in [0.4, 0.5) is 0 Å². The lowest BCUT2D eigenvalue weighted by atomic mass is 10.0. The van der Waals surface area contributed by atoms with E-state index in [-0.39, 0.29) is 6.04 Å². The molecule has 1 atom stereocenters. The average molecular weight is 302 g/mol.